The Balaban J connectivity index is 0.985. The lowest BCUT2D eigenvalue weighted by Gasteiger charge is -2.39. The molecule has 0 saturated carbocycles. The first-order chi connectivity index (χ1) is 30.9. The number of aromatic nitrogens is 2. The number of carbonyl (C=O) groups excluding carboxylic acids is 1. The second-order valence-corrected chi connectivity index (χ2v) is 24.2. The Hall–Kier alpha value is -5.09. The number of H-pyrrole nitrogens is 1. The number of benzene rings is 3. The number of nitrogens with zero attached hydrogens (tertiary/aromatic N) is 5. The van der Waals surface area contributed by atoms with Gasteiger partial charge in [0.1, 0.15) is 30.3 Å². The van der Waals surface area contributed by atoms with Crippen LogP contribution in [0, 0.1) is 15.5 Å². The van der Waals surface area contributed by atoms with Crippen LogP contribution in [0.5, 0.6) is 11.5 Å². The van der Waals surface area contributed by atoms with Gasteiger partial charge in [0.25, 0.3) is 21.6 Å². The molecule has 2 aliphatic heterocycles. The lowest BCUT2D eigenvalue weighted by molar-refractivity contribution is -0.384. The van der Waals surface area contributed by atoms with E-state index >= 15 is 0 Å². The van der Waals surface area contributed by atoms with Crippen LogP contribution in [-0.4, -0.2) is 121 Å². The number of piperazine rings is 1. The molecule has 2 saturated heterocycles. The fourth-order valence-corrected chi connectivity index (χ4v) is 11.6. The van der Waals surface area contributed by atoms with Gasteiger partial charge in [0.2, 0.25) is 0 Å². The van der Waals surface area contributed by atoms with Crippen molar-refractivity contribution in [2.75, 3.05) is 81.6 Å². The van der Waals surface area contributed by atoms with Gasteiger partial charge in [-0.1, -0.05) is 43.2 Å². The van der Waals surface area contributed by atoms with Gasteiger partial charge < -0.3 is 19.9 Å². The van der Waals surface area contributed by atoms with E-state index in [4.69, 9.17) is 16.3 Å². The summed E-state index contributed by atoms with van der Waals surface area (Å²) in [6.45, 7) is 14.4. The minimum atomic E-state index is -4.59. The fourth-order valence-electron chi connectivity index (χ4n) is 8.93. The molecule has 1 unspecified atom stereocenters. The number of aromatic amines is 1. The Kier molecular flexibility index (Phi) is 13.6. The van der Waals surface area contributed by atoms with Gasteiger partial charge in [-0.3, -0.25) is 29.6 Å². The molecule has 1 aliphatic carbocycles. The van der Waals surface area contributed by atoms with Gasteiger partial charge in [-0.05, 0) is 91.3 Å². The lowest BCUT2D eigenvalue weighted by atomic mass is 9.72. The molecule has 4 heterocycles. The summed E-state index contributed by atoms with van der Waals surface area (Å²) >= 11 is 6.25. The van der Waals surface area contributed by atoms with Gasteiger partial charge in [-0.2, -0.15) is 0 Å². The predicted molar refractivity (Wildman–Crippen MR) is 259 cm³/mol. The van der Waals surface area contributed by atoms with Crippen molar-refractivity contribution in [3.8, 4) is 11.5 Å². The minimum Gasteiger partial charge on any atom is -0.455 e. The van der Waals surface area contributed by atoms with E-state index in [2.05, 4.69) is 60.7 Å². The van der Waals surface area contributed by atoms with Crippen molar-refractivity contribution in [1.29, 1.82) is 0 Å². The standard InChI is InChI=1S/C47H56ClN8O7PS/c1-32(54-21-23-64(4,60)24-22-54)29-50-42-12-10-39(27-43(42)56(58)59)65(61,62)52-46(57)40-11-9-37(26-44(40)63-38-25-34-14-16-49-45(34)51-30-38)55-19-17-53(18-20-55)31-35-13-15-47(2,3)28-41(35)33-5-7-36(48)8-6-33/h5-12,14,16,25-27,30,32,50,60H,13,15,17-24,28-29,31H2,1-4H3,(H-,49,51,52,57)/p+1. The molecule has 18 heteroatoms. The maximum absolute atomic E-state index is 14.0. The maximum Gasteiger partial charge on any atom is 0.293 e. The first-order valence-corrected chi connectivity index (χ1v) is 26.4. The average Bonchev–Trinajstić information content (AvgIpc) is 3.74. The monoisotopic (exact) mass is 943 g/mol. The fraction of sp³-hybridized carbons (Fsp3) is 0.404. The number of nitro groups is 1. The number of ether oxygens (including phenoxy) is 1. The molecule has 3 aliphatic rings. The number of allylic oxidation sites excluding steroid dienone is 1. The summed E-state index contributed by atoms with van der Waals surface area (Å²) in [4.78, 5) is 50.0. The number of anilines is 2. The molecule has 0 bridgehead atoms. The summed E-state index contributed by atoms with van der Waals surface area (Å²) < 4.78 is 36.0. The van der Waals surface area contributed by atoms with Gasteiger partial charge in [0.15, 0.2) is 0 Å². The summed E-state index contributed by atoms with van der Waals surface area (Å²) in [6, 6.07) is 20.4. The smallest absolute Gasteiger partial charge is 0.293 e. The van der Waals surface area contributed by atoms with Crippen LogP contribution in [0.2, 0.25) is 5.02 Å². The van der Waals surface area contributed by atoms with E-state index < -0.39 is 38.9 Å². The van der Waals surface area contributed by atoms with Crippen molar-refractivity contribution in [2.45, 2.75) is 51.0 Å². The average molecular weight is 945 g/mol. The number of carbonyl (C=O) groups is 1. The van der Waals surface area contributed by atoms with E-state index in [-0.39, 0.29) is 28.5 Å². The molecule has 2 aromatic heterocycles. The highest BCUT2D eigenvalue weighted by molar-refractivity contribution is 7.90. The molecule has 1 atom stereocenters. The largest absolute Gasteiger partial charge is 0.455 e. The molecule has 8 rings (SSSR count). The second-order valence-electron chi connectivity index (χ2n) is 18.5. The zero-order valence-electron chi connectivity index (χ0n) is 37.2. The van der Waals surface area contributed by atoms with Gasteiger partial charge in [-0.15, -0.1) is 0 Å². The number of hydrogen-bond donors (Lipinski definition) is 4. The summed E-state index contributed by atoms with van der Waals surface area (Å²) in [5.74, 6) is -0.497. The molecule has 5 aromatic rings. The number of fused-ring (bicyclic) bond motifs is 1. The normalized spacial score (nSPS) is 18.6. The van der Waals surface area contributed by atoms with Gasteiger partial charge >= 0.3 is 0 Å². The summed E-state index contributed by atoms with van der Waals surface area (Å²) in [5.41, 5.74) is 5.44. The van der Waals surface area contributed by atoms with E-state index in [0.717, 1.165) is 99.6 Å². The molecule has 15 nitrogen and oxygen atoms in total. The van der Waals surface area contributed by atoms with Crippen molar-refractivity contribution in [3.63, 3.8) is 0 Å². The Morgan fingerprint density at radius 2 is 1.77 bits per heavy atom. The first-order valence-electron chi connectivity index (χ1n) is 22.0. The molecule has 1 amide bonds. The van der Waals surface area contributed by atoms with Gasteiger partial charge in [0.05, 0.1) is 40.6 Å². The van der Waals surface area contributed by atoms with E-state index in [1.54, 1.807) is 30.5 Å². The molecule has 3 aromatic carbocycles. The van der Waals surface area contributed by atoms with E-state index in [9.17, 15) is 28.2 Å². The molecule has 65 heavy (non-hydrogen) atoms. The Labute approximate surface area is 385 Å². The quantitative estimate of drug-likeness (QED) is 0.0474. The Morgan fingerprint density at radius 1 is 1.03 bits per heavy atom. The lowest BCUT2D eigenvalue weighted by Crippen LogP contribution is -2.47. The third-order valence-electron chi connectivity index (χ3n) is 13.0. The molecule has 344 valence electrons. The Morgan fingerprint density at radius 3 is 2.49 bits per heavy atom. The summed E-state index contributed by atoms with van der Waals surface area (Å²) in [6.07, 6.45) is 7.93. The van der Waals surface area contributed by atoms with Crippen LogP contribution in [0.3, 0.4) is 0 Å². The molecule has 2 fully saturated rings. The third-order valence-corrected chi connectivity index (χ3v) is 16.9. The molecule has 0 radical (unpaired) electrons. The molecular formula is C47H57ClN8O7PS+. The van der Waals surface area contributed by atoms with Crippen molar-refractivity contribution in [2.24, 2.45) is 5.41 Å². The predicted octanol–water partition coefficient (Wildman–Crippen LogP) is 8.49. The van der Waals surface area contributed by atoms with Crippen LogP contribution in [0.1, 0.15) is 56.0 Å². The summed E-state index contributed by atoms with van der Waals surface area (Å²) in [5, 5.41) is 16.8. The highest BCUT2D eigenvalue weighted by Gasteiger charge is 2.36. The van der Waals surface area contributed by atoms with Crippen LogP contribution >= 0.6 is 19.1 Å². The van der Waals surface area contributed by atoms with Gasteiger partial charge in [0, 0.05) is 92.8 Å². The first kappa shape index (κ1) is 46.4. The maximum atomic E-state index is 14.0. The molecular weight excluding hydrogens is 887 g/mol. The molecule has 4 N–H and O–H groups in total. The van der Waals surface area contributed by atoms with Crippen LogP contribution in [-0.2, 0) is 10.0 Å². The van der Waals surface area contributed by atoms with Crippen LogP contribution in [0.15, 0.2) is 95.7 Å². The van der Waals surface area contributed by atoms with Crippen molar-refractivity contribution in [1.82, 2.24) is 24.5 Å². The highest BCUT2D eigenvalue weighted by Crippen LogP contribution is 2.52. The highest BCUT2D eigenvalue weighted by atomic mass is 35.5. The number of pyridine rings is 1. The zero-order chi connectivity index (χ0) is 46.1. The van der Waals surface area contributed by atoms with Crippen molar-refractivity contribution < 1.29 is 27.8 Å². The minimum absolute atomic E-state index is 0.0118. The Bertz CT molecular complexity index is 2710. The molecule has 0 spiro atoms. The SMILES string of the molecule is CC(CNc1ccc(S(=O)(=O)NC(=O)c2ccc(N3CCN(CC4=C(c5ccc(Cl)cc5)CC(C)(C)CC4)CC3)cc2Oc2cnc3[nH]ccc3c2)cc1[N+](=O)[O-])N1CC[P+](C)(O)CC1. The number of nitrogens with one attached hydrogen (secondary N) is 3. The van der Waals surface area contributed by atoms with Crippen LogP contribution < -0.4 is 19.7 Å². The number of halogens is 1. The number of amides is 1. The van der Waals surface area contributed by atoms with Gasteiger partial charge in [-0.25, -0.2) is 18.1 Å². The number of sulfonamides is 1. The number of nitro benzene ring substituents is 1. The third kappa shape index (κ3) is 11.1. The van der Waals surface area contributed by atoms with E-state index in [1.165, 1.54) is 35.0 Å². The number of hydrogen-bond acceptors (Lipinski definition) is 12. The summed E-state index contributed by atoms with van der Waals surface area (Å²) in [7, 11) is -6.46. The topological polar surface area (TPSA) is 186 Å². The van der Waals surface area contributed by atoms with Crippen LogP contribution in [0.25, 0.3) is 16.6 Å². The number of rotatable bonds is 14. The van der Waals surface area contributed by atoms with E-state index in [1.807, 2.05) is 31.8 Å². The van der Waals surface area contributed by atoms with Crippen molar-refractivity contribution >= 4 is 68.7 Å². The second kappa shape index (κ2) is 19.0. The van der Waals surface area contributed by atoms with E-state index in [0.29, 0.717) is 17.9 Å². The zero-order valence-corrected chi connectivity index (χ0v) is 39.7. The van der Waals surface area contributed by atoms with Crippen molar-refractivity contribution in [3.05, 3.63) is 117 Å². The van der Waals surface area contributed by atoms with Crippen LogP contribution in [0.4, 0.5) is 17.1 Å².